The van der Waals surface area contributed by atoms with Crippen LogP contribution < -0.4 is 9.80 Å². The van der Waals surface area contributed by atoms with Crippen molar-refractivity contribution in [3.8, 4) is 0 Å². The summed E-state index contributed by atoms with van der Waals surface area (Å²) in [6.07, 6.45) is 5.35. The molecule has 0 spiro atoms. The van der Waals surface area contributed by atoms with Crippen LogP contribution >= 0.6 is 0 Å². The number of likely N-dealkylation sites (N-methyl/N-ethyl adjacent to an activating group) is 1. The highest BCUT2D eigenvalue weighted by Crippen LogP contribution is 2.30. The molecule has 0 bridgehead atoms. The van der Waals surface area contributed by atoms with E-state index in [1.807, 2.05) is 6.20 Å². The van der Waals surface area contributed by atoms with Crippen LogP contribution in [0.3, 0.4) is 0 Å². The van der Waals surface area contributed by atoms with E-state index in [9.17, 15) is 0 Å². The Morgan fingerprint density at radius 1 is 1.08 bits per heavy atom. The molecule has 0 radical (unpaired) electrons. The van der Waals surface area contributed by atoms with Gasteiger partial charge in [0.25, 0.3) is 0 Å². The van der Waals surface area contributed by atoms with Crippen LogP contribution in [0.5, 0.6) is 0 Å². The number of fused-ring (bicyclic) bond motifs is 2. The average Bonchev–Trinajstić information content (AvgIpc) is 3.07. The molecular formula is C20H21N5. The number of hydrogen-bond donors (Lipinski definition) is 0. The monoisotopic (exact) mass is 331 g/mol. The summed E-state index contributed by atoms with van der Waals surface area (Å²) < 4.78 is 0. The van der Waals surface area contributed by atoms with E-state index in [2.05, 4.69) is 68.4 Å². The molecule has 1 aliphatic heterocycles. The summed E-state index contributed by atoms with van der Waals surface area (Å²) >= 11 is 0. The molecular weight excluding hydrogens is 310 g/mol. The third-order valence-electron chi connectivity index (χ3n) is 5.53. The summed E-state index contributed by atoms with van der Waals surface area (Å²) in [5, 5.41) is 11.3. The van der Waals surface area contributed by atoms with Crippen molar-refractivity contribution in [1.29, 1.82) is 0 Å². The molecule has 2 aliphatic rings. The molecule has 1 aliphatic carbocycles. The van der Waals surface area contributed by atoms with Crippen molar-refractivity contribution >= 4 is 22.4 Å². The SMILES string of the molecule is CN(c1nccc2ccccc12)C1CN(c2cc3c(nn2)CCC3)C1. The van der Waals surface area contributed by atoms with Crippen molar-refractivity contribution in [3.63, 3.8) is 0 Å². The Morgan fingerprint density at radius 3 is 2.88 bits per heavy atom. The highest BCUT2D eigenvalue weighted by molar-refractivity contribution is 5.92. The lowest BCUT2D eigenvalue weighted by atomic mass is 10.1. The molecule has 0 amide bonds. The Labute approximate surface area is 147 Å². The summed E-state index contributed by atoms with van der Waals surface area (Å²) in [6, 6.07) is 13.2. The Kier molecular flexibility index (Phi) is 3.33. The first-order valence-corrected chi connectivity index (χ1v) is 8.96. The molecule has 1 aromatic carbocycles. The lowest BCUT2D eigenvalue weighted by Gasteiger charge is -2.45. The van der Waals surface area contributed by atoms with Gasteiger partial charge in [-0.05, 0) is 42.3 Å². The van der Waals surface area contributed by atoms with Crippen molar-refractivity contribution in [2.24, 2.45) is 0 Å². The number of pyridine rings is 1. The number of anilines is 2. The molecule has 0 saturated carbocycles. The Bertz CT molecular complexity index is 927. The number of benzene rings is 1. The minimum absolute atomic E-state index is 0.452. The summed E-state index contributed by atoms with van der Waals surface area (Å²) in [6.45, 7) is 1.93. The summed E-state index contributed by atoms with van der Waals surface area (Å²) in [5.74, 6) is 2.08. The first-order chi connectivity index (χ1) is 12.3. The van der Waals surface area contributed by atoms with Gasteiger partial charge in [0.2, 0.25) is 0 Å². The van der Waals surface area contributed by atoms with Gasteiger partial charge < -0.3 is 9.80 Å². The maximum Gasteiger partial charge on any atom is 0.151 e. The number of hydrogen-bond acceptors (Lipinski definition) is 5. The molecule has 126 valence electrons. The topological polar surface area (TPSA) is 45.2 Å². The highest BCUT2D eigenvalue weighted by atomic mass is 15.4. The first-order valence-electron chi connectivity index (χ1n) is 8.96. The number of rotatable bonds is 3. The van der Waals surface area contributed by atoms with E-state index in [4.69, 9.17) is 0 Å². The van der Waals surface area contributed by atoms with Gasteiger partial charge in [0, 0.05) is 31.7 Å². The molecule has 5 nitrogen and oxygen atoms in total. The second-order valence-electron chi connectivity index (χ2n) is 7.05. The molecule has 0 atom stereocenters. The minimum atomic E-state index is 0.452. The van der Waals surface area contributed by atoms with E-state index < -0.39 is 0 Å². The third kappa shape index (κ3) is 2.42. The van der Waals surface area contributed by atoms with Gasteiger partial charge in [-0.15, -0.1) is 5.10 Å². The molecule has 3 aromatic rings. The fraction of sp³-hybridized carbons (Fsp3) is 0.350. The second kappa shape index (κ2) is 5.69. The molecule has 3 heterocycles. The molecule has 0 unspecified atom stereocenters. The van der Waals surface area contributed by atoms with Crippen LogP contribution in [0.2, 0.25) is 0 Å². The van der Waals surface area contributed by atoms with Crippen molar-refractivity contribution in [2.75, 3.05) is 29.9 Å². The second-order valence-corrected chi connectivity index (χ2v) is 7.05. The van der Waals surface area contributed by atoms with E-state index in [0.717, 1.165) is 37.6 Å². The fourth-order valence-corrected chi connectivity index (χ4v) is 3.92. The fourth-order valence-electron chi connectivity index (χ4n) is 3.92. The zero-order valence-corrected chi connectivity index (χ0v) is 14.4. The van der Waals surface area contributed by atoms with E-state index in [1.165, 1.54) is 28.5 Å². The quantitative estimate of drug-likeness (QED) is 0.738. The van der Waals surface area contributed by atoms with Gasteiger partial charge in [0.05, 0.1) is 11.7 Å². The molecule has 0 N–H and O–H groups in total. The highest BCUT2D eigenvalue weighted by Gasteiger charge is 2.33. The molecule has 5 rings (SSSR count). The maximum atomic E-state index is 4.63. The van der Waals surface area contributed by atoms with Crippen LogP contribution in [0.4, 0.5) is 11.6 Å². The van der Waals surface area contributed by atoms with Crippen LogP contribution in [0, 0.1) is 0 Å². The van der Waals surface area contributed by atoms with Crippen LogP contribution in [-0.4, -0.2) is 41.4 Å². The van der Waals surface area contributed by atoms with E-state index in [0.29, 0.717) is 6.04 Å². The lowest BCUT2D eigenvalue weighted by Crippen LogP contribution is -2.59. The van der Waals surface area contributed by atoms with Crippen LogP contribution in [0.15, 0.2) is 42.6 Å². The molecule has 25 heavy (non-hydrogen) atoms. The number of aryl methyl sites for hydroxylation is 2. The number of aromatic nitrogens is 3. The Morgan fingerprint density at radius 2 is 1.96 bits per heavy atom. The van der Waals surface area contributed by atoms with Gasteiger partial charge in [-0.25, -0.2) is 4.98 Å². The van der Waals surface area contributed by atoms with Gasteiger partial charge in [-0.1, -0.05) is 24.3 Å². The van der Waals surface area contributed by atoms with Crippen molar-refractivity contribution in [3.05, 3.63) is 53.9 Å². The molecule has 1 fully saturated rings. The lowest BCUT2D eigenvalue weighted by molar-refractivity contribution is 0.488. The smallest absolute Gasteiger partial charge is 0.151 e. The average molecular weight is 331 g/mol. The predicted octanol–water partition coefficient (Wildman–Crippen LogP) is 2.84. The van der Waals surface area contributed by atoms with Gasteiger partial charge in [-0.2, -0.15) is 5.10 Å². The van der Waals surface area contributed by atoms with Crippen molar-refractivity contribution in [1.82, 2.24) is 15.2 Å². The van der Waals surface area contributed by atoms with Crippen LogP contribution in [0.1, 0.15) is 17.7 Å². The van der Waals surface area contributed by atoms with Crippen LogP contribution in [0.25, 0.3) is 10.8 Å². The minimum Gasteiger partial charge on any atom is -0.353 e. The molecule has 5 heteroatoms. The van der Waals surface area contributed by atoms with Crippen molar-refractivity contribution in [2.45, 2.75) is 25.3 Å². The van der Waals surface area contributed by atoms with Crippen LogP contribution in [-0.2, 0) is 12.8 Å². The third-order valence-corrected chi connectivity index (χ3v) is 5.53. The van der Waals surface area contributed by atoms with Gasteiger partial charge in [0.15, 0.2) is 5.82 Å². The largest absolute Gasteiger partial charge is 0.353 e. The van der Waals surface area contributed by atoms with Gasteiger partial charge >= 0.3 is 0 Å². The van der Waals surface area contributed by atoms with Crippen molar-refractivity contribution < 1.29 is 0 Å². The molecule has 2 aromatic heterocycles. The van der Waals surface area contributed by atoms with Gasteiger partial charge in [0.1, 0.15) is 5.82 Å². The normalized spacial score (nSPS) is 16.8. The predicted molar refractivity (Wildman–Crippen MR) is 100 cm³/mol. The van der Waals surface area contributed by atoms with E-state index in [1.54, 1.807) is 0 Å². The first kappa shape index (κ1) is 14.6. The summed E-state index contributed by atoms with van der Waals surface area (Å²) in [7, 11) is 2.14. The Hall–Kier alpha value is -2.69. The number of nitrogens with zero attached hydrogens (tertiary/aromatic N) is 5. The standard InChI is InChI=1S/C20H21N5/c1-24(20-17-7-3-2-5-14(17)9-10-21-20)16-12-25(13-16)19-11-15-6-4-8-18(15)22-23-19/h2-3,5,7,9-11,16H,4,6,8,12-13H2,1H3. The van der Waals surface area contributed by atoms with E-state index >= 15 is 0 Å². The Balaban J connectivity index is 1.34. The zero-order valence-electron chi connectivity index (χ0n) is 14.4. The van der Waals surface area contributed by atoms with E-state index in [-0.39, 0.29) is 0 Å². The summed E-state index contributed by atoms with van der Waals surface area (Å²) in [5.41, 5.74) is 2.58. The van der Waals surface area contributed by atoms with Gasteiger partial charge in [-0.3, -0.25) is 0 Å². The zero-order chi connectivity index (χ0) is 16.8. The maximum absolute atomic E-state index is 4.63. The summed E-state index contributed by atoms with van der Waals surface area (Å²) in [4.78, 5) is 9.26. The molecule has 1 saturated heterocycles.